The first-order chi connectivity index (χ1) is 5.29. The maximum atomic E-state index is 3.24. The van der Waals surface area contributed by atoms with E-state index in [9.17, 15) is 0 Å². The molecule has 3 heteroatoms. The maximum absolute atomic E-state index is 3.24. The third-order valence-corrected chi connectivity index (χ3v) is 3.62. The van der Waals surface area contributed by atoms with E-state index < -0.39 is 0 Å². The van der Waals surface area contributed by atoms with Crippen LogP contribution >= 0.6 is 22.6 Å². The number of halogens is 1. The summed E-state index contributed by atoms with van der Waals surface area (Å²) in [7, 11) is 4.28. The van der Waals surface area contributed by atoms with Crippen LogP contribution in [-0.4, -0.2) is 42.1 Å². The molecule has 0 aromatic rings. The van der Waals surface area contributed by atoms with Crippen LogP contribution in [0, 0.1) is 0 Å². The van der Waals surface area contributed by atoms with E-state index in [0.29, 0.717) is 0 Å². The van der Waals surface area contributed by atoms with Gasteiger partial charge in [0, 0.05) is 23.1 Å². The zero-order chi connectivity index (χ0) is 8.27. The van der Waals surface area contributed by atoms with E-state index in [4.69, 9.17) is 0 Å². The number of nitrogens with one attached hydrogen (secondary N) is 1. The minimum absolute atomic E-state index is 0.778. The quantitative estimate of drug-likeness (QED) is 0.609. The van der Waals surface area contributed by atoms with Gasteiger partial charge in [0.15, 0.2) is 0 Å². The molecule has 0 radical (unpaired) electrons. The van der Waals surface area contributed by atoms with Gasteiger partial charge in [-0.2, -0.15) is 0 Å². The summed E-state index contributed by atoms with van der Waals surface area (Å²) in [5.74, 6) is 0. The standard InChI is InChI=1S/C8H17IN2/c1-10-6-8-4-3-7(5-9)11(8)2/h7-8,10H,3-6H2,1-2H3. The van der Waals surface area contributed by atoms with Gasteiger partial charge in [-0.1, -0.05) is 22.6 Å². The molecule has 0 aliphatic carbocycles. The van der Waals surface area contributed by atoms with Gasteiger partial charge in [-0.25, -0.2) is 0 Å². The van der Waals surface area contributed by atoms with Crippen LogP contribution in [0.15, 0.2) is 0 Å². The third-order valence-electron chi connectivity index (χ3n) is 2.60. The molecule has 0 saturated carbocycles. The maximum Gasteiger partial charge on any atom is 0.0221 e. The number of hydrogen-bond acceptors (Lipinski definition) is 2. The average Bonchev–Trinajstić information content (AvgIpc) is 2.34. The molecule has 66 valence electrons. The van der Waals surface area contributed by atoms with Crippen molar-refractivity contribution in [3.8, 4) is 0 Å². The second-order valence-electron chi connectivity index (χ2n) is 3.26. The van der Waals surface area contributed by atoms with Crippen molar-refractivity contribution in [2.75, 3.05) is 25.1 Å². The highest BCUT2D eigenvalue weighted by atomic mass is 127. The van der Waals surface area contributed by atoms with E-state index in [1.54, 1.807) is 0 Å². The molecule has 1 fully saturated rings. The van der Waals surface area contributed by atoms with Gasteiger partial charge >= 0.3 is 0 Å². The summed E-state index contributed by atoms with van der Waals surface area (Å²) in [6.45, 7) is 1.14. The van der Waals surface area contributed by atoms with Gasteiger partial charge < -0.3 is 5.32 Å². The molecule has 2 nitrogen and oxygen atoms in total. The normalized spacial score (nSPS) is 33.0. The molecule has 0 aromatic carbocycles. The Morgan fingerprint density at radius 2 is 2.09 bits per heavy atom. The zero-order valence-electron chi connectivity index (χ0n) is 7.31. The average molecular weight is 268 g/mol. The van der Waals surface area contributed by atoms with E-state index in [-0.39, 0.29) is 0 Å². The number of alkyl halides is 1. The van der Waals surface area contributed by atoms with Crippen molar-refractivity contribution in [2.45, 2.75) is 24.9 Å². The van der Waals surface area contributed by atoms with E-state index in [1.807, 2.05) is 7.05 Å². The lowest BCUT2D eigenvalue weighted by atomic mass is 10.2. The summed E-state index contributed by atoms with van der Waals surface area (Å²) in [5, 5.41) is 3.24. The molecule has 1 aliphatic heterocycles. The topological polar surface area (TPSA) is 15.3 Å². The first-order valence-corrected chi connectivity index (χ1v) is 5.74. The lowest BCUT2D eigenvalue weighted by Gasteiger charge is -2.24. The van der Waals surface area contributed by atoms with Gasteiger partial charge in [0.2, 0.25) is 0 Å². The fraction of sp³-hybridized carbons (Fsp3) is 1.00. The Morgan fingerprint density at radius 1 is 1.45 bits per heavy atom. The summed E-state index contributed by atoms with van der Waals surface area (Å²) >= 11 is 2.48. The molecule has 0 bridgehead atoms. The van der Waals surface area contributed by atoms with Crippen LogP contribution in [0.2, 0.25) is 0 Å². The highest BCUT2D eigenvalue weighted by molar-refractivity contribution is 14.1. The second-order valence-corrected chi connectivity index (χ2v) is 4.14. The minimum atomic E-state index is 0.778. The van der Waals surface area contributed by atoms with Crippen LogP contribution < -0.4 is 5.32 Å². The van der Waals surface area contributed by atoms with Crippen LogP contribution in [0.3, 0.4) is 0 Å². The van der Waals surface area contributed by atoms with E-state index >= 15 is 0 Å². The summed E-state index contributed by atoms with van der Waals surface area (Å²) < 4.78 is 1.27. The molecule has 0 amide bonds. The Bertz CT molecular complexity index is 119. The number of rotatable bonds is 3. The zero-order valence-corrected chi connectivity index (χ0v) is 9.47. The van der Waals surface area contributed by atoms with Gasteiger partial charge in [-0.05, 0) is 26.9 Å². The molecule has 11 heavy (non-hydrogen) atoms. The Hall–Kier alpha value is 0.650. The first kappa shape index (κ1) is 9.74. The summed E-state index contributed by atoms with van der Waals surface area (Å²) in [6, 6.07) is 1.61. The van der Waals surface area contributed by atoms with Crippen molar-refractivity contribution in [3.05, 3.63) is 0 Å². The molecule has 2 atom stereocenters. The summed E-state index contributed by atoms with van der Waals surface area (Å²) in [5.41, 5.74) is 0. The van der Waals surface area contributed by atoms with Crippen molar-refractivity contribution >= 4 is 22.6 Å². The van der Waals surface area contributed by atoms with Crippen LogP contribution in [0.4, 0.5) is 0 Å². The van der Waals surface area contributed by atoms with Crippen molar-refractivity contribution in [2.24, 2.45) is 0 Å². The fourth-order valence-electron chi connectivity index (χ4n) is 1.76. The van der Waals surface area contributed by atoms with Gasteiger partial charge in [0.1, 0.15) is 0 Å². The molecule has 1 heterocycles. The molecule has 1 saturated heterocycles. The number of likely N-dealkylation sites (N-methyl/N-ethyl adjacent to an activating group) is 2. The molecule has 1 N–H and O–H groups in total. The Kier molecular flexibility index (Phi) is 4.09. The van der Waals surface area contributed by atoms with Crippen LogP contribution in [0.1, 0.15) is 12.8 Å². The smallest absolute Gasteiger partial charge is 0.0221 e. The summed E-state index contributed by atoms with van der Waals surface area (Å²) in [6.07, 6.45) is 2.75. The predicted molar refractivity (Wildman–Crippen MR) is 57.4 cm³/mol. The SMILES string of the molecule is CNCC1CCC(CI)N1C. The molecule has 0 spiro atoms. The van der Waals surface area contributed by atoms with Crippen molar-refractivity contribution in [1.29, 1.82) is 0 Å². The fourth-order valence-corrected chi connectivity index (χ4v) is 2.82. The lowest BCUT2D eigenvalue weighted by Crippen LogP contribution is -2.38. The van der Waals surface area contributed by atoms with Crippen molar-refractivity contribution in [3.63, 3.8) is 0 Å². The number of hydrogen-bond donors (Lipinski definition) is 1. The first-order valence-electron chi connectivity index (χ1n) is 4.22. The second kappa shape index (κ2) is 4.62. The third kappa shape index (κ3) is 2.29. The minimum Gasteiger partial charge on any atom is -0.318 e. The largest absolute Gasteiger partial charge is 0.318 e. The number of nitrogens with zero attached hydrogens (tertiary/aromatic N) is 1. The predicted octanol–water partition coefficient (Wildman–Crippen LogP) is 1.10. The molecule has 1 rings (SSSR count). The molecule has 2 unspecified atom stereocenters. The molecule has 0 aromatic heterocycles. The van der Waals surface area contributed by atoms with E-state index in [2.05, 4.69) is 39.9 Å². The lowest BCUT2D eigenvalue weighted by molar-refractivity contribution is 0.255. The number of likely N-dealkylation sites (tertiary alicyclic amines) is 1. The van der Waals surface area contributed by atoms with Gasteiger partial charge in [-0.15, -0.1) is 0 Å². The van der Waals surface area contributed by atoms with Crippen LogP contribution in [0.25, 0.3) is 0 Å². The Morgan fingerprint density at radius 3 is 2.55 bits per heavy atom. The molecular weight excluding hydrogens is 251 g/mol. The van der Waals surface area contributed by atoms with E-state index in [0.717, 1.165) is 18.6 Å². The van der Waals surface area contributed by atoms with Gasteiger partial charge in [-0.3, -0.25) is 4.90 Å². The highest BCUT2D eigenvalue weighted by Gasteiger charge is 2.28. The molecule has 1 aliphatic rings. The van der Waals surface area contributed by atoms with Crippen LogP contribution in [0.5, 0.6) is 0 Å². The van der Waals surface area contributed by atoms with Crippen molar-refractivity contribution in [1.82, 2.24) is 10.2 Å². The molecular formula is C8H17IN2. The monoisotopic (exact) mass is 268 g/mol. The van der Waals surface area contributed by atoms with Crippen molar-refractivity contribution < 1.29 is 0 Å². The van der Waals surface area contributed by atoms with E-state index in [1.165, 1.54) is 17.3 Å². The van der Waals surface area contributed by atoms with Gasteiger partial charge in [0.25, 0.3) is 0 Å². The van der Waals surface area contributed by atoms with Gasteiger partial charge in [0.05, 0.1) is 0 Å². The Labute approximate surface area is 82.9 Å². The highest BCUT2D eigenvalue weighted by Crippen LogP contribution is 2.22. The Balaban J connectivity index is 2.35. The summed E-state index contributed by atoms with van der Waals surface area (Å²) in [4.78, 5) is 2.52. The van der Waals surface area contributed by atoms with Crippen LogP contribution in [-0.2, 0) is 0 Å².